The van der Waals surface area contributed by atoms with Gasteiger partial charge in [0.15, 0.2) is 0 Å². The lowest BCUT2D eigenvalue weighted by atomic mass is 10.1. The molecule has 7 nitrogen and oxygen atoms in total. The van der Waals surface area contributed by atoms with E-state index in [0.29, 0.717) is 13.1 Å². The van der Waals surface area contributed by atoms with Crippen LogP contribution in [-0.4, -0.2) is 72.5 Å². The Bertz CT molecular complexity index is 678. The predicted molar refractivity (Wildman–Crippen MR) is 102 cm³/mol. The van der Waals surface area contributed by atoms with E-state index in [2.05, 4.69) is 20.4 Å². The minimum Gasteiger partial charge on any atom is -0.376 e. The third-order valence-corrected chi connectivity index (χ3v) is 4.50. The van der Waals surface area contributed by atoms with Crippen LogP contribution in [0, 0.1) is 0 Å². The molecule has 1 aliphatic rings. The van der Waals surface area contributed by atoms with Gasteiger partial charge >= 0.3 is 6.03 Å². The first-order valence-corrected chi connectivity index (χ1v) is 9.04. The van der Waals surface area contributed by atoms with Crippen LogP contribution >= 0.6 is 0 Å². The summed E-state index contributed by atoms with van der Waals surface area (Å²) in [5.74, 6) is 0. The molecule has 0 saturated carbocycles. The number of nitrogens with zero attached hydrogens (tertiary/aromatic N) is 3. The minimum absolute atomic E-state index is 0.0864. The summed E-state index contributed by atoms with van der Waals surface area (Å²) in [5.41, 5.74) is 2.76. The molecule has 2 N–H and O–H groups in total. The lowest BCUT2D eigenvalue weighted by molar-refractivity contribution is 0.0820. The van der Waals surface area contributed by atoms with Crippen LogP contribution in [0.3, 0.4) is 0 Å². The van der Waals surface area contributed by atoms with E-state index in [0.717, 1.165) is 42.9 Å². The Balaban J connectivity index is 1.61. The summed E-state index contributed by atoms with van der Waals surface area (Å²) in [7, 11) is 4.02. The van der Waals surface area contributed by atoms with Gasteiger partial charge < -0.3 is 19.9 Å². The standard InChI is InChI=1S/C19H27N5O2/c1-23(2)11-12-24(14-17-4-3-13-26-17)19(25)21-16-7-5-15(6-8-16)18-9-10-20-22-18/h5-10,17H,3-4,11-14H2,1-2H3,(H,20,22)(H,21,25). The van der Waals surface area contributed by atoms with Crippen molar-refractivity contribution in [1.82, 2.24) is 20.0 Å². The molecule has 3 rings (SSSR count). The number of hydrogen-bond donors (Lipinski definition) is 2. The van der Waals surface area contributed by atoms with E-state index in [1.54, 1.807) is 6.20 Å². The van der Waals surface area contributed by atoms with Gasteiger partial charge in [-0.15, -0.1) is 0 Å². The molecule has 7 heteroatoms. The number of aromatic nitrogens is 2. The van der Waals surface area contributed by atoms with E-state index in [9.17, 15) is 4.79 Å². The van der Waals surface area contributed by atoms with Gasteiger partial charge in [-0.25, -0.2) is 4.79 Å². The van der Waals surface area contributed by atoms with Crippen LogP contribution in [0.15, 0.2) is 36.5 Å². The Morgan fingerprint density at radius 2 is 2.08 bits per heavy atom. The number of benzene rings is 1. The van der Waals surface area contributed by atoms with Crippen LogP contribution in [0.4, 0.5) is 10.5 Å². The summed E-state index contributed by atoms with van der Waals surface area (Å²) in [6.45, 7) is 2.92. The molecule has 2 heterocycles. The summed E-state index contributed by atoms with van der Waals surface area (Å²) in [4.78, 5) is 16.7. The first-order chi connectivity index (χ1) is 12.6. The molecular weight excluding hydrogens is 330 g/mol. The van der Waals surface area contributed by atoms with Crippen molar-refractivity contribution < 1.29 is 9.53 Å². The average Bonchev–Trinajstić information content (AvgIpc) is 3.33. The zero-order valence-corrected chi connectivity index (χ0v) is 15.4. The van der Waals surface area contributed by atoms with Crippen molar-refractivity contribution in [2.75, 3.05) is 45.7 Å². The molecule has 1 aromatic heterocycles. The highest BCUT2D eigenvalue weighted by Crippen LogP contribution is 2.19. The first kappa shape index (κ1) is 18.4. The van der Waals surface area contributed by atoms with Crippen molar-refractivity contribution in [3.63, 3.8) is 0 Å². The maximum atomic E-state index is 12.8. The van der Waals surface area contributed by atoms with Crippen LogP contribution in [0.5, 0.6) is 0 Å². The normalized spacial score (nSPS) is 16.8. The van der Waals surface area contributed by atoms with Crippen molar-refractivity contribution in [3.8, 4) is 11.3 Å². The lowest BCUT2D eigenvalue weighted by Gasteiger charge is -2.27. The molecule has 1 unspecified atom stereocenters. The van der Waals surface area contributed by atoms with E-state index >= 15 is 0 Å². The summed E-state index contributed by atoms with van der Waals surface area (Å²) < 4.78 is 5.70. The quantitative estimate of drug-likeness (QED) is 0.799. The lowest BCUT2D eigenvalue weighted by Crippen LogP contribution is -2.43. The van der Waals surface area contributed by atoms with Crippen LogP contribution in [0.2, 0.25) is 0 Å². The predicted octanol–water partition coefficient (Wildman–Crippen LogP) is 2.65. The number of amides is 2. The van der Waals surface area contributed by atoms with Gasteiger partial charge in [0, 0.05) is 38.1 Å². The Morgan fingerprint density at radius 1 is 1.27 bits per heavy atom. The van der Waals surface area contributed by atoms with E-state index in [4.69, 9.17) is 4.74 Å². The minimum atomic E-state index is -0.0864. The van der Waals surface area contributed by atoms with Gasteiger partial charge in [-0.3, -0.25) is 5.10 Å². The van der Waals surface area contributed by atoms with Gasteiger partial charge in [0.2, 0.25) is 0 Å². The highest BCUT2D eigenvalue weighted by atomic mass is 16.5. The van der Waals surface area contributed by atoms with Crippen molar-refractivity contribution in [2.45, 2.75) is 18.9 Å². The number of rotatable bonds is 7. The van der Waals surface area contributed by atoms with Gasteiger partial charge in [0.05, 0.1) is 11.8 Å². The van der Waals surface area contributed by atoms with E-state index in [1.807, 2.05) is 49.3 Å². The highest BCUT2D eigenvalue weighted by Gasteiger charge is 2.22. The molecular formula is C19H27N5O2. The zero-order chi connectivity index (χ0) is 18.4. The molecule has 140 valence electrons. The van der Waals surface area contributed by atoms with Crippen LogP contribution in [-0.2, 0) is 4.74 Å². The van der Waals surface area contributed by atoms with Gasteiger partial charge in [-0.2, -0.15) is 5.10 Å². The Morgan fingerprint density at radius 3 is 2.69 bits per heavy atom. The summed E-state index contributed by atoms with van der Waals surface area (Å²) in [5, 5.41) is 9.89. The Hall–Kier alpha value is -2.38. The van der Waals surface area contributed by atoms with Gasteiger partial charge in [-0.05, 0) is 50.7 Å². The number of hydrogen-bond acceptors (Lipinski definition) is 4. The molecule has 0 bridgehead atoms. The second-order valence-corrected chi connectivity index (χ2v) is 6.86. The fourth-order valence-electron chi connectivity index (χ4n) is 2.98. The van der Waals surface area contributed by atoms with Crippen LogP contribution < -0.4 is 5.32 Å². The number of aromatic amines is 1. The molecule has 1 aromatic carbocycles. The summed E-state index contributed by atoms with van der Waals surface area (Å²) >= 11 is 0. The first-order valence-electron chi connectivity index (χ1n) is 9.04. The van der Waals surface area contributed by atoms with Gasteiger partial charge in [0.1, 0.15) is 0 Å². The monoisotopic (exact) mass is 357 g/mol. The van der Waals surface area contributed by atoms with Crippen LogP contribution in [0.1, 0.15) is 12.8 Å². The van der Waals surface area contributed by atoms with Gasteiger partial charge in [-0.1, -0.05) is 12.1 Å². The molecule has 0 aliphatic carbocycles. The highest BCUT2D eigenvalue weighted by molar-refractivity contribution is 5.89. The number of carbonyl (C=O) groups excluding carboxylic acids is 1. The van der Waals surface area contributed by atoms with E-state index < -0.39 is 0 Å². The number of likely N-dealkylation sites (N-methyl/N-ethyl adjacent to an activating group) is 1. The molecule has 26 heavy (non-hydrogen) atoms. The van der Waals surface area contributed by atoms with Crippen molar-refractivity contribution in [1.29, 1.82) is 0 Å². The van der Waals surface area contributed by atoms with E-state index in [-0.39, 0.29) is 12.1 Å². The third-order valence-electron chi connectivity index (χ3n) is 4.50. The maximum absolute atomic E-state index is 12.8. The second kappa shape index (κ2) is 8.82. The number of H-pyrrole nitrogens is 1. The van der Waals surface area contributed by atoms with Crippen molar-refractivity contribution in [3.05, 3.63) is 36.5 Å². The molecule has 1 fully saturated rings. The average molecular weight is 357 g/mol. The molecule has 1 atom stereocenters. The molecule has 1 saturated heterocycles. The molecule has 1 aliphatic heterocycles. The van der Waals surface area contributed by atoms with E-state index in [1.165, 1.54) is 0 Å². The summed E-state index contributed by atoms with van der Waals surface area (Å²) in [6, 6.07) is 9.57. The van der Waals surface area contributed by atoms with Gasteiger partial charge in [0.25, 0.3) is 0 Å². The second-order valence-electron chi connectivity index (χ2n) is 6.86. The molecule has 2 aromatic rings. The SMILES string of the molecule is CN(C)CCN(CC1CCCO1)C(=O)Nc1ccc(-c2ccn[nH]2)cc1. The number of carbonyl (C=O) groups is 1. The van der Waals surface area contributed by atoms with Crippen molar-refractivity contribution >= 4 is 11.7 Å². The zero-order valence-electron chi connectivity index (χ0n) is 15.4. The fourth-order valence-corrected chi connectivity index (χ4v) is 2.98. The molecule has 2 amide bonds. The summed E-state index contributed by atoms with van der Waals surface area (Å²) in [6.07, 6.45) is 3.96. The largest absolute Gasteiger partial charge is 0.376 e. The number of anilines is 1. The Kier molecular flexibility index (Phi) is 6.25. The number of ether oxygens (including phenoxy) is 1. The van der Waals surface area contributed by atoms with Crippen molar-refractivity contribution in [2.24, 2.45) is 0 Å². The number of nitrogens with one attached hydrogen (secondary N) is 2. The molecule has 0 radical (unpaired) electrons. The fraction of sp³-hybridized carbons (Fsp3) is 0.474. The molecule has 0 spiro atoms. The van der Waals surface area contributed by atoms with Crippen LogP contribution in [0.25, 0.3) is 11.3 Å². The maximum Gasteiger partial charge on any atom is 0.321 e. The smallest absolute Gasteiger partial charge is 0.321 e. The third kappa shape index (κ3) is 5.06. The number of urea groups is 1. The topological polar surface area (TPSA) is 73.5 Å². The Labute approximate surface area is 154 Å².